The van der Waals surface area contributed by atoms with Crippen molar-refractivity contribution >= 4 is 26.9 Å². The van der Waals surface area contributed by atoms with Gasteiger partial charge in [0.15, 0.2) is 11.3 Å². The average Bonchev–Trinajstić information content (AvgIpc) is 3.10. The van der Waals surface area contributed by atoms with E-state index in [4.69, 9.17) is 4.42 Å². The van der Waals surface area contributed by atoms with Crippen LogP contribution in [-0.4, -0.2) is 38.9 Å². The lowest BCUT2D eigenvalue weighted by atomic mass is 9.97. The average molecular weight is 459 g/mol. The standard InChI is InChI=1S/C25H34N2O4S/c1-17-16-21-19(3)22(25(28)27-14-8-5-9-15-27)31-23(21)24(18(17)2)32(29,30)26-13-12-20-10-6-4-7-11-20/h10,16,26H,4-9,11-15H2,1-3H3. The smallest absolute Gasteiger partial charge is 0.289 e. The molecule has 1 fully saturated rings. The fraction of sp³-hybridized carbons (Fsp3) is 0.560. The second-order valence-electron chi connectivity index (χ2n) is 9.19. The molecule has 1 aliphatic heterocycles. The highest BCUT2D eigenvalue weighted by Gasteiger charge is 2.30. The van der Waals surface area contributed by atoms with Crippen LogP contribution in [0.1, 0.15) is 78.6 Å². The zero-order valence-electron chi connectivity index (χ0n) is 19.4. The lowest BCUT2D eigenvalue weighted by Crippen LogP contribution is -2.35. The Balaban J connectivity index is 1.67. The lowest BCUT2D eigenvalue weighted by Gasteiger charge is -2.25. The first-order valence-corrected chi connectivity index (χ1v) is 13.3. The zero-order valence-corrected chi connectivity index (χ0v) is 20.2. The first kappa shape index (κ1) is 23.1. The van der Waals surface area contributed by atoms with Gasteiger partial charge in [0.1, 0.15) is 4.90 Å². The number of carbonyl (C=O) groups excluding carboxylic acids is 1. The number of rotatable bonds is 6. The fourth-order valence-electron chi connectivity index (χ4n) is 4.86. The topological polar surface area (TPSA) is 79.6 Å². The van der Waals surface area contributed by atoms with Gasteiger partial charge in [-0.15, -0.1) is 0 Å². The molecule has 2 heterocycles. The summed E-state index contributed by atoms with van der Waals surface area (Å²) in [6.45, 7) is 7.35. The Morgan fingerprint density at radius 2 is 1.81 bits per heavy atom. The molecule has 0 spiro atoms. The van der Waals surface area contributed by atoms with Gasteiger partial charge in [-0.1, -0.05) is 11.6 Å². The molecule has 6 nitrogen and oxygen atoms in total. The SMILES string of the molecule is Cc1cc2c(C)c(C(=O)N3CCCCC3)oc2c(S(=O)(=O)NCCC2=CCCCC2)c1C. The molecule has 0 saturated carbocycles. The molecule has 1 aromatic carbocycles. The third kappa shape index (κ3) is 4.50. The molecule has 1 aliphatic carbocycles. The molecule has 0 bridgehead atoms. The Bertz CT molecular complexity index is 1150. The highest BCUT2D eigenvalue weighted by Crippen LogP contribution is 2.35. The highest BCUT2D eigenvalue weighted by molar-refractivity contribution is 7.89. The summed E-state index contributed by atoms with van der Waals surface area (Å²) in [7, 11) is -3.79. The van der Waals surface area contributed by atoms with E-state index in [2.05, 4.69) is 10.8 Å². The van der Waals surface area contributed by atoms with Crippen LogP contribution < -0.4 is 4.72 Å². The summed E-state index contributed by atoms with van der Waals surface area (Å²) in [5.41, 5.74) is 3.85. The number of benzene rings is 1. The van der Waals surface area contributed by atoms with E-state index < -0.39 is 10.0 Å². The third-order valence-electron chi connectivity index (χ3n) is 6.92. The number of nitrogens with zero attached hydrogens (tertiary/aromatic N) is 1. The monoisotopic (exact) mass is 458 g/mol. The second kappa shape index (κ2) is 9.40. The molecule has 0 atom stereocenters. The molecule has 0 radical (unpaired) electrons. The van der Waals surface area contributed by atoms with E-state index in [0.29, 0.717) is 23.1 Å². The van der Waals surface area contributed by atoms with Crippen LogP contribution in [0, 0.1) is 20.8 Å². The number of carbonyl (C=O) groups is 1. The summed E-state index contributed by atoms with van der Waals surface area (Å²) >= 11 is 0. The number of hydrogen-bond acceptors (Lipinski definition) is 4. The Morgan fingerprint density at radius 1 is 1.06 bits per heavy atom. The van der Waals surface area contributed by atoms with Crippen molar-refractivity contribution in [1.29, 1.82) is 0 Å². The largest absolute Gasteiger partial charge is 0.449 e. The maximum absolute atomic E-state index is 13.4. The molecule has 4 rings (SSSR count). The van der Waals surface area contributed by atoms with Crippen LogP contribution in [0.4, 0.5) is 0 Å². The van der Waals surface area contributed by atoms with Gasteiger partial charge in [-0.25, -0.2) is 13.1 Å². The van der Waals surface area contributed by atoms with E-state index in [1.165, 1.54) is 18.4 Å². The molecule has 2 aromatic rings. The number of fused-ring (bicyclic) bond motifs is 1. The fourth-order valence-corrected chi connectivity index (χ4v) is 6.34. The van der Waals surface area contributed by atoms with E-state index in [0.717, 1.165) is 57.2 Å². The van der Waals surface area contributed by atoms with Gasteiger partial charge in [0.2, 0.25) is 10.0 Å². The molecule has 0 unspecified atom stereocenters. The van der Waals surface area contributed by atoms with Crippen molar-refractivity contribution < 1.29 is 17.6 Å². The summed E-state index contributed by atoms with van der Waals surface area (Å²) in [5, 5.41) is 0.698. The molecule has 1 saturated heterocycles. The van der Waals surface area contributed by atoms with Crippen LogP contribution in [0.5, 0.6) is 0 Å². The van der Waals surface area contributed by atoms with Crippen molar-refractivity contribution in [3.05, 3.63) is 40.2 Å². The number of piperidine rings is 1. The summed E-state index contributed by atoms with van der Waals surface area (Å²) < 4.78 is 35.6. The number of aryl methyl sites for hydroxylation is 2. The molecule has 1 amide bonds. The Morgan fingerprint density at radius 3 is 2.50 bits per heavy atom. The van der Waals surface area contributed by atoms with Crippen molar-refractivity contribution in [3.8, 4) is 0 Å². The minimum Gasteiger partial charge on any atom is -0.449 e. The van der Waals surface area contributed by atoms with E-state index in [-0.39, 0.29) is 22.1 Å². The van der Waals surface area contributed by atoms with Gasteiger partial charge in [0.05, 0.1) is 0 Å². The molecule has 1 N–H and O–H groups in total. The van der Waals surface area contributed by atoms with Crippen molar-refractivity contribution in [1.82, 2.24) is 9.62 Å². The van der Waals surface area contributed by atoms with E-state index >= 15 is 0 Å². The zero-order chi connectivity index (χ0) is 22.9. The van der Waals surface area contributed by atoms with Crippen molar-refractivity contribution in [2.75, 3.05) is 19.6 Å². The summed E-state index contributed by atoms with van der Waals surface area (Å²) in [6.07, 6.45) is 10.6. The van der Waals surface area contributed by atoms with Crippen molar-refractivity contribution in [3.63, 3.8) is 0 Å². The maximum Gasteiger partial charge on any atom is 0.289 e. The van der Waals surface area contributed by atoms with Gasteiger partial charge >= 0.3 is 0 Å². The van der Waals surface area contributed by atoms with Crippen LogP contribution in [0.3, 0.4) is 0 Å². The van der Waals surface area contributed by atoms with Crippen LogP contribution in [0.15, 0.2) is 27.0 Å². The summed E-state index contributed by atoms with van der Waals surface area (Å²) in [6, 6.07) is 1.93. The van der Waals surface area contributed by atoms with E-state index in [1.807, 2.05) is 24.8 Å². The molecule has 1 aromatic heterocycles. The number of furan rings is 1. The van der Waals surface area contributed by atoms with Gasteiger partial charge in [-0.3, -0.25) is 4.79 Å². The maximum atomic E-state index is 13.4. The Hall–Kier alpha value is -2.12. The van der Waals surface area contributed by atoms with Crippen LogP contribution in [0.25, 0.3) is 11.0 Å². The molecule has 174 valence electrons. The highest BCUT2D eigenvalue weighted by atomic mass is 32.2. The van der Waals surface area contributed by atoms with Gasteiger partial charge in [0, 0.05) is 30.6 Å². The van der Waals surface area contributed by atoms with Gasteiger partial charge in [-0.05, 0) is 89.3 Å². The lowest BCUT2D eigenvalue weighted by molar-refractivity contribution is 0.0693. The first-order chi connectivity index (χ1) is 15.3. The first-order valence-electron chi connectivity index (χ1n) is 11.8. The summed E-state index contributed by atoms with van der Waals surface area (Å²) in [5.74, 6) is 0.116. The number of likely N-dealkylation sites (tertiary alicyclic amines) is 1. The van der Waals surface area contributed by atoms with Crippen LogP contribution in [-0.2, 0) is 10.0 Å². The molecule has 2 aliphatic rings. The number of nitrogens with one attached hydrogen (secondary N) is 1. The quantitative estimate of drug-likeness (QED) is 0.607. The third-order valence-corrected chi connectivity index (χ3v) is 8.54. The van der Waals surface area contributed by atoms with Gasteiger partial charge < -0.3 is 9.32 Å². The second-order valence-corrected chi connectivity index (χ2v) is 10.9. The van der Waals surface area contributed by atoms with Crippen LogP contribution in [0.2, 0.25) is 0 Å². The van der Waals surface area contributed by atoms with Gasteiger partial charge in [0.25, 0.3) is 5.91 Å². The molecular formula is C25H34N2O4S. The van der Waals surface area contributed by atoms with E-state index in [9.17, 15) is 13.2 Å². The normalized spacial score (nSPS) is 17.6. The summed E-state index contributed by atoms with van der Waals surface area (Å²) in [4.78, 5) is 15.1. The minimum absolute atomic E-state index is 0.144. The molecular weight excluding hydrogens is 424 g/mol. The number of allylic oxidation sites excluding steroid dienone is 1. The number of sulfonamides is 1. The number of hydrogen-bond donors (Lipinski definition) is 1. The van der Waals surface area contributed by atoms with Gasteiger partial charge in [-0.2, -0.15) is 0 Å². The Kier molecular flexibility index (Phi) is 6.77. The molecule has 7 heteroatoms. The Labute approximate surface area is 191 Å². The molecule has 32 heavy (non-hydrogen) atoms. The van der Waals surface area contributed by atoms with Crippen molar-refractivity contribution in [2.45, 2.75) is 77.0 Å². The minimum atomic E-state index is -3.79. The predicted molar refractivity (Wildman–Crippen MR) is 127 cm³/mol. The predicted octanol–water partition coefficient (Wildman–Crippen LogP) is 5.15. The number of amides is 1. The van der Waals surface area contributed by atoms with Crippen LogP contribution >= 0.6 is 0 Å². The van der Waals surface area contributed by atoms with E-state index in [1.54, 1.807) is 6.92 Å². The van der Waals surface area contributed by atoms with Crippen molar-refractivity contribution in [2.24, 2.45) is 0 Å².